The number of amides is 1. The number of aromatic nitrogens is 3. The third-order valence-electron chi connectivity index (χ3n) is 4.67. The van der Waals surface area contributed by atoms with Crippen LogP contribution in [-0.2, 0) is 17.9 Å². The summed E-state index contributed by atoms with van der Waals surface area (Å²) < 4.78 is 4.07. The van der Waals surface area contributed by atoms with Gasteiger partial charge in [0.25, 0.3) is 0 Å². The maximum Gasteiger partial charge on any atom is 0.223 e. The molecule has 0 radical (unpaired) electrons. The summed E-state index contributed by atoms with van der Waals surface area (Å²) in [6.45, 7) is 5.35. The summed E-state index contributed by atoms with van der Waals surface area (Å²) in [6.07, 6.45) is 5.53. The van der Waals surface area contributed by atoms with Crippen LogP contribution in [0.3, 0.4) is 0 Å². The second-order valence-corrected chi connectivity index (χ2v) is 6.59. The second-order valence-electron chi connectivity index (χ2n) is 6.59. The van der Waals surface area contributed by atoms with Crippen molar-refractivity contribution in [3.05, 3.63) is 65.6 Å². The molecule has 128 valence electrons. The van der Waals surface area contributed by atoms with E-state index in [9.17, 15) is 4.79 Å². The Morgan fingerprint density at radius 1 is 1.12 bits per heavy atom. The number of aryl methyl sites for hydroxylation is 1. The van der Waals surface area contributed by atoms with Gasteiger partial charge in [0.15, 0.2) is 0 Å². The van der Waals surface area contributed by atoms with Crippen LogP contribution in [0.15, 0.2) is 48.8 Å². The normalized spacial score (nSPS) is 13.3. The largest absolute Gasteiger partial charge is 0.332 e. The van der Waals surface area contributed by atoms with E-state index < -0.39 is 0 Å². The fraction of sp³-hybridized carbons (Fsp3) is 0.300. The van der Waals surface area contributed by atoms with Crippen LogP contribution in [0.25, 0.3) is 11.5 Å². The summed E-state index contributed by atoms with van der Waals surface area (Å²) in [5.74, 6) is 1.23. The van der Waals surface area contributed by atoms with Gasteiger partial charge in [0.1, 0.15) is 5.82 Å². The number of fused-ring (bicyclic) bond motifs is 1. The molecular weight excluding hydrogens is 312 g/mol. The van der Waals surface area contributed by atoms with Crippen molar-refractivity contribution in [1.82, 2.24) is 19.2 Å². The second kappa shape index (κ2) is 6.24. The molecule has 0 spiro atoms. The molecule has 2 aromatic heterocycles. The molecule has 3 aromatic rings. The highest BCUT2D eigenvalue weighted by molar-refractivity contribution is 5.77. The Morgan fingerprint density at radius 3 is 2.52 bits per heavy atom. The number of hydrogen-bond donors (Lipinski definition) is 0. The van der Waals surface area contributed by atoms with Gasteiger partial charge in [0, 0.05) is 24.4 Å². The van der Waals surface area contributed by atoms with Crippen molar-refractivity contribution in [2.75, 3.05) is 0 Å². The van der Waals surface area contributed by atoms with E-state index in [-0.39, 0.29) is 5.91 Å². The smallest absolute Gasteiger partial charge is 0.223 e. The third-order valence-corrected chi connectivity index (χ3v) is 4.67. The molecule has 0 saturated heterocycles. The van der Waals surface area contributed by atoms with Crippen molar-refractivity contribution < 1.29 is 4.79 Å². The first-order chi connectivity index (χ1) is 12.2. The summed E-state index contributed by atoms with van der Waals surface area (Å²) in [7, 11) is 0. The zero-order chi connectivity index (χ0) is 17.4. The van der Waals surface area contributed by atoms with E-state index >= 15 is 0 Å². The highest BCUT2D eigenvalue weighted by Crippen LogP contribution is 2.30. The molecular formula is C20H22N4O. The van der Waals surface area contributed by atoms with Crippen LogP contribution in [0, 0.1) is 6.92 Å². The quantitative estimate of drug-likeness (QED) is 0.731. The molecule has 0 N–H and O–H groups in total. The van der Waals surface area contributed by atoms with Gasteiger partial charge >= 0.3 is 0 Å². The van der Waals surface area contributed by atoms with Gasteiger partial charge in [0.05, 0.1) is 24.5 Å². The van der Waals surface area contributed by atoms with Crippen LogP contribution >= 0.6 is 0 Å². The monoisotopic (exact) mass is 334 g/mol. The zero-order valence-corrected chi connectivity index (χ0v) is 14.6. The lowest BCUT2D eigenvalue weighted by molar-refractivity contribution is -0.131. The number of carbonyl (C=O) groups excluding carboxylic acids is 1. The first-order valence-electron chi connectivity index (χ1n) is 8.76. The van der Waals surface area contributed by atoms with Crippen molar-refractivity contribution in [2.24, 2.45) is 0 Å². The minimum Gasteiger partial charge on any atom is -0.332 e. The first-order valence-corrected chi connectivity index (χ1v) is 8.76. The molecule has 0 fully saturated rings. The van der Waals surface area contributed by atoms with Gasteiger partial charge in [-0.2, -0.15) is 5.10 Å². The number of hydrogen-bond acceptors (Lipinski definition) is 2. The van der Waals surface area contributed by atoms with Crippen molar-refractivity contribution >= 4 is 5.91 Å². The molecule has 0 aliphatic carbocycles. The average Bonchev–Trinajstić information content (AvgIpc) is 3.31. The molecule has 1 amide bonds. The summed E-state index contributed by atoms with van der Waals surface area (Å²) in [6, 6.07) is 12.4. The van der Waals surface area contributed by atoms with Crippen molar-refractivity contribution in [1.29, 1.82) is 0 Å². The fourth-order valence-corrected chi connectivity index (χ4v) is 3.36. The minimum absolute atomic E-state index is 0.209. The summed E-state index contributed by atoms with van der Waals surface area (Å²) in [4.78, 5) is 14.2. The highest BCUT2D eigenvalue weighted by Gasteiger charge is 2.30. The summed E-state index contributed by atoms with van der Waals surface area (Å²) in [5.41, 5.74) is 4.40. The molecule has 1 aliphatic rings. The van der Waals surface area contributed by atoms with Gasteiger partial charge in [-0.05, 0) is 37.6 Å². The van der Waals surface area contributed by atoms with Crippen LogP contribution in [-0.4, -0.2) is 25.2 Å². The molecule has 0 bridgehead atoms. The lowest BCUT2D eigenvalue weighted by atomic mass is 10.2. The Labute approximate surface area is 147 Å². The summed E-state index contributed by atoms with van der Waals surface area (Å²) >= 11 is 0. The van der Waals surface area contributed by atoms with Crippen LogP contribution < -0.4 is 0 Å². The number of nitrogens with zero attached hydrogens (tertiary/aromatic N) is 4. The van der Waals surface area contributed by atoms with Gasteiger partial charge in [-0.3, -0.25) is 4.79 Å². The molecule has 4 rings (SSSR count). The Morgan fingerprint density at radius 2 is 1.84 bits per heavy atom. The Kier molecular flexibility index (Phi) is 3.92. The van der Waals surface area contributed by atoms with Gasteiger partial charge in [-0.15, -0.1) is 0 Å². The van der Waals surface area contributed by atoms with E-state index in [0.717, 1.165) is 29.2 Å². The predicted octanol–water partition coefficient (Wildman–Crippen LogP) is 3.61. The molecule has 1 aromatic carbocycles. The zero-order valence-electron chi connectivity index (χ0n) is 14.6. The molecule has 5 heteroatoms. The number of rotatable bonds is 4. The Balaban J connectivity index is 1.77. The van der Waals surface area contributed by atoms with Crippen LogP contribution in [0.2, 0.25) is 0 Å². The van der Waals surface area contributed by atoms with E-state index in [4.69, 9.17) is 5.10 Å². The Bertz CT molecular complexity index is 891. The fourth-order valence-electron chi connectivity index (χ4n) is 3.36. The van der Waals surface area contributed by atoms with Crippen LogP contribution in [0.1, 0.15) is 36.6 Å². The molecule has 0 unspecified atom stereocenters. The molecule has 0 atom stereocenters. The minimum atomic E-state index is 0.209. The molecule has 25 heavy (non-hydrogen) atoms. The first kappa shape index (κ1) is 15.7. The van der Waals surface area contributed by atoms with Crippen molar-refractivity contribution in [3.63, 3.8) is 0 Å². The maximum absolute atomic E-state index is 12.3. The van der Waals surface area contributed by atoms with E-state index in [2.05, 4.69) is 35.8 Å². The lowest BCUT2D eigenvalue weighted by Gasteiger charge is -2.17. The maximum atomic E-state index is 12.3. The van der Waals surface area contributed by atoms with E-state index in [1.807, 2.05) is 41.0 Å². The highest BCUT2D eigenvalue weighted by atomic mass is 16.2. The third kappa shape index (κ3) is 2.76. The van der Waals surface area contributed by atoms with E-state index in [1.165, 1.54) is 5.56 Å². The molecule has 1 aliphatic heterocycles. The van der Waals surface area contributed by atoms with Crippen LogP contribution in [0.5, 0.6) is 0 Å². The van der Waals surface area contributed by atoms with E-state index in [0.29, 0.717) is 19.5 Å². The standard InChI is InChI=1S/C20H22N4O/c1-3-6-19(25)23-13-17-18(14-23)21-24(16-9-7-15(2)8-10-16)20(17)22-11-4-5-12-22/h4-5,7-12H,3,6,13-14H2,1-2H3. The number of benzene rings is 1. The summed E-state index contributed by atoms with van der Waals surface area (Å²) in [5, 5.41) is 4.84. The van der Waals surface area contributed by atoms with Gasteiger partial charge in [-0.1, -0.05) is 24.6 Å². The van der Waals surface area contributed by atoms with E-state index in [1.54, 1.807) is 0 Å². The SMILES string of the molecule is CCCC(=O)N1Cc2nn(-c3ccc(C)cc3)c(-n3cccc3)c2C1. The average molecular weight is 334 g/mol. The van der Waals surface area contributed by atoms with Gasteiger partial charge in [0.2, 0.25) is 5.91 Å². The molecule has 0 saturated carbocycles. The predicted molar refractivity (Wildman–Crippen MR) is 96.8 cm³/mol. The molecule has 5 nitrogen and oxygen atoms in total. The Hall–Kier alpha value is -2.82. The van der Waals surface area contributed by atoms with Gasteiger partial charge in [-0.25, -0.2) is 4.68 Å². The molecule has 3 heterocycles. The van der Waals surface area contributed by atoms with Gasteiger partial charge < -0.3 is 9.47 Å². The van der Waals surface area contributed by atoms with Crippen LogP contribution in [0.4, 0.5) is 0 Å². The van der Waals surface area contributed by atoms with Crippen molar-refractivity contribution in [2.45, 2.75) is 39.8 Å². The van der Waals surface area contributed by atoms with Crippen molar-refractivity contribution in [3.8, 4) is 11.5 Å². The number of carbonyl (C=O) groups is 1. The lowest BCUT2D eigenvalue weighted by Crippen LogP contribution is -2.25. The topological polar surface area (TPSA) is 43.1 Å².